The molecule has 1 heterocycles. The molecule has 0 fully saturated rings. The Hall–Kier alpha value is -3.61. The van der Waals surface area contributed by atoms with Crippen LogP contribution in [0.4, 0.5) is 0 Å². The zero-order valence-electron chi connectivity index (χ0n) is 18.4. The van der Waals surface area contributed by atoms with Crippen molar-refractivity contribution in [1.82, 2.24) is 25.3 Å². The number of hydrogen-bond acceptors (Lipinski definition) is 3. The summed E-state index contributed by atoms with van der Waals surface area (Å²) in [6, 6.07) is 17.9. The van der Waals surface area contributed by atoms with E-state index in [1.165, 1.54) is 5.56 Å². The van der Waals surface area contributed by atoms with Gasteiger partial charge in [-0.3, -0.25) is 9.48 Å². The molecule has 3 aromatic rings. The molecule has 0 bridgehead atoms. The number of benzene rings is 2. The molecule has 0 atom stereocenters. The predicted molar refractivity (Wildman–Crippen MR) is 124 cm³/mol. The van der Waals surface area contributed by atoms with E-state index in [0.29, 0.717) is 18.7 Å². The van der Waals surface area contributed by atoms with Crippen molar-refractivity contribution in [3.05, 3.63) is 89.2 Å². The Morgan fingerprint density at radius 1 is 1.00 bits per heavy atom. The van der Waals surface area contributed by atoms with Crippen molar-refractivity contribution in [2.45, 2.75) is 26.6 Å². The van der Waals surface area contributed by atoms with Gasteiger partial charge in [0, 0.05) is 44.5 Å². The van der Waals surface area contributed by atoms with Crippen LogP contribution in [-0.4, -0.2) is 47.2 Å². The highest BCUT2D eigenvalue weighted by molar-refractivity contribution is 5.93. The van der Waals surface area contributed by atoms with Crippen LogP contribution in [0.3, 0.4) is 0 Å². The van der Waals surface area contributed by atoms with Crippen LogP contribution in [0.25, 0.3) is 0 Å². The summed E-state index contributed by atoms with van der Waals surface area (Å²) in [7, 11) is 3.50. The van der Waals surface area contributed by atoms with Crippen LogP contribution in [0.2, 0.25) is 0 Å². The molecule has 0 saturated carbocycles. The number of amides is 1. The van der Waals surface area contributed by atoms with Gasteiger partial charge >= 0.3 is 0 Å². The van der Waals surface area contributed by atoms with Gasteiger partial charge in [0.15, 0.2) is 5.96 Å². The minimum Gasteiger partial charge on any atom is -0.357 e. The summed E-state index contributed by atoms with van der Waals surface area (Å²) in [5, 5.41) is 11.0. The number of nitrogens with one attached hydrogen (secondary N) is 2. The van der Waals surface area contributed by atoms with E-state index in [2.05, 4.69) is 32.9 Å². The van der Waals surface area contributed by atoms with Crippen LogP contribution in [0.1, 0.15) is 34.0 Å². The Morgan fingerprint density at radius 3 is 2.42 bits per heavy atom. The van der Waals surface area contributed by atoms with Crippen LogP contribution in [0.15, 0.2) is 72.0 Å². The first-order valence-electron chi connectivity index (χ1n) is 10.4. The standard InChI is InChI=1S/C24H30N6O/c1-4-25-24(26-14-19-10-12-22(13-11-19)23(31)29(2)3)27-15-21-16-28-30(18-21)17-20-8-6-5-7-9-20/h5-13,16,18H,4,14-15,17H2,1-3H3,(H2,25,26,27). The molecule has 0 aliphatic carbocycles. The molecule has 0 spiro atoms. The Bertz CT molecular complexity index is 992. The lowest BCUT2D eigenvalue weighted by Gasteiger charge is -2.12. The molecule has 7 nitrogen and oxygen atoms in total. The topological polar surface area (TPSA) is 74.5 Å². The maximum absolute atomic E-state index is 12.0. The number of carbonyl (C=O) groups excluding carboxylic acids is 1. The smallest absolute Gasteiger partial charge is 0.253 e. The van der Waals surface area contributed by atoms with Gasteiger partial charge in [0.25, 0.3) is 5.91 Å². The van der Waals surface area contributed by atoms with E-state index in [0.717, 1.165) is 30.2 Å². The summed E-state index contributed by atoms with van der Waals surface area (Å²) >= 11 is 0. The molecule has 0 aliphatic heterocycles. The van der Waals surface area contributed by atoms with Gasteiger partial charge in [-0.15, -0.1) is 0 Å². The highest BCUT2D eigenvalue weighted by Gasteiger charge is 2.07. The molecule has 1 amide bonds. The maximum atomic E-state index is 12.0. The second-order valence-corrected chi connectivity index (χ2v) is 7.48. The Morgan fingerprint density at radius 2 is 1.74 bits per heavy atom. The SMILES string of the molecule is CCNC(=NCc1cnn(Cc2ccccc2)c1)NCc1ccc(C(=O)N(C)C)cc1. The molecule has 2 N–H and O–H groups in total. The first kappa shape index (κ1) is 22.1. The summed E-state index contributed by atoms with van der Waals surface area (Å²) in [5.74, 6) is 0.744. The summed E-state index contributed by atoms with van der Waals surface area (Å²) in [6.07, 6.45) is 3.89. The van der Waals surface area contributed by atoms with Crippen LogP contribution in [-0.2, 0) is 19.6 Å². The van der Waals surface area contributed by atoms with Gasteiger partial charge in [0.2, 0.25) is 0 Å². The fraction of sp³-hybridized carbons (Fsp3) is 0.292. The van der Waals surface area contributed by atoms with Gasteiger partial charge in [-0.25, -0.2) is 4.99 Å². The van der Waals surface area contributed by atoms with Crippen molar-refractivity contribution in [3.63, 3.8) is 0 Å². The predicted octanol–water partition coefficient (Wildman–Crippen LogP) is 2.89. The van der Waals surface area contributed by atoms with Gasteiger partial charge in [-0.2, -0.15) is 5.10 Å². The molecule has 3 rings (SSSR count). The summed E-state index contributed by atoms with van der Waals surface area (Å²) in [4.78, 5) is 18.2. The minimum atomic E-state index is 0.00206. The van der Waals surface area contributed by atoms with Crippen molar-refractivity contribution in [2.24, 2.45) is 4.99 Å². The number of rotatable bonds is 8. The van der Waals surface area contributed by atoms with E-state index in [-0.39, 0.29) is 5.91 Å². The number of aliphatic imine (C=N–C) groups is 1. The van der Waals surface area contributed by atoms with Crippen LogP contribution < -0.4 is 10.6 Å². The maximum Gasteiger partial charge on any atom is 0.253 e. The quantitative estimate of drug-likeness (QED) is 0.436. The zero-order valence-corrected chi connectivity index (χ0v) is 18.4. The van der Waals surface area contributed by atoms with Crippen molar-refractivity contribution < 1.29 is 4.79 Å². The van der Waals surface area contributed by atoms with E-state index >= 15 is 0 Å². The second-order valence-electron chi connectivity index (χ2n) is 7.48. The van der Waals surface area contributed by atoms with Crippen molar-refractivity contribution >= 4 is 11.9 Å². The van der Waals surface area contributed by atoms with E-state index in [9.17, 15) is 4.79 Å². The molecule has 2 aromatic carbocycles. The van der Waals surface area contributed by atoms with Crippen molar-refractivity contribution in [2.75, 3.05) is 20.6 Å². The van der Waals surface area contributed by atoms with Gasteiger partial charge in [-0.05, 0) is 30.2 Å². The lowest BCUT2D eigenvalue weighted by molar-refractivity contribution is 0.0827. The largest absolute Gasteiger partial charge is 0.357 e. The molecule has 0 saturated heterocycles. The van der Waals surface area contributed by atoms with Gasteiger partial charge in [0.05, 0.1) is 19.3 Å². The number of nitrogens with zero attached hydrogens (tertiary/aromatic N) is 4. The lowest BCUT2D eigenvalue weighted by Crippen LogP contribution is -2.36. The third-order valence-corrected chi connectivity index (χ3v) is 4.71. The van der Waals surface area contributed by atoms with E-state index in [1.54, 1.807) is 19.0 Å². The van der Waals surface area contributed by atoms with Crippen LogP contribution >= 0.6 is 0 Å². The number of guanidine groups is 1. The molecule has 31 heavy (non-hydrogen) atoms. The van der Waals surface area contributed by atoms with Crippen LogP contribution in [0.5, 0.6) is 0 Å². The second kappa shape index (κ2) is 11.0. The Balaban J connectivity index is 1.56. The molecule has 0 unspecified atom stereocenters. The summed E-state index contributed by atoms with van der Waals surface area (Å²) in [6.45, 7) is 4.72. The fourth-order valence-corrected chi connectivity index (χ4v) is 3.07. The van der Waals surface area contributed by atoms with E-state index < -0.39 is 0 Å². The molecule has 0 aliphatic rings. The van der Waals surface area contributed by atoms with E-state index in [1.807, 2.05) is 66.5 Å². The molecule has 7 heteroatoms. The first-order valence-corrected chi connectivity index (χ1v) is 10.4. The molecular formula is C24H30N6O. The van der Waals surface area contributed by atoms with E-state index in [4.69, 9.17) is 0 Å². The van der Waals surface area contributed by atoms with Gasteiger partial charge < -0.3 is 15.5 Å². The zero-order chi connectivity index (χ0) is 22.1. The number of aromatic nitrogens is 2. The highest BCUT2D eigenvalue weighted by atomic mass is 16.2. The fourth-order valence-electron chi connectivity index (χ4n) is 3.07. The Labute approximate surface area is 183 Å². The third-order valence-electron chi connectivity index (χ3n) is 4.71. The average Bonchev–Trinajstić information content (AvgIpc) is 3.23. The van der Waals surface area contributed by atoms with Gasteiger partial charge in [0.1, 0.15) is 0 Å². The highest BCUT2D eigenvalue weighted by Crippen LogP contribution is 2.07. The monoisotopic (exact) mass is 418 g/mol. The molecular weight excluding hydrogens is 388 g/mol. The summed E-state index contributed by atoms with van der Waals surface area (Å²) in [5.41, 5.74) is 4.03. The van der Waals surface area contributed by atoms with Crippen molar-refractivity contribution in [3.8, 4) is 0 Å². The van der Waals surface area contributed by atoms with Crippen molar-refractivity contribution in [1.29, 1.82) is 0 Å². The number of carbonyl (C=O) groups is 1. The minimum absolute atomic E-state index is 0.00206. The lowest BCUT2D eigenvalue weighted by atomic mass is 10.1. The van der Waals surface area contributed by atoms with Crippen LogP contribution in [0, 0.1) is 0 Å². The Kier molecular flexibility index (Phi) is 7.81. The van der Waals surface area contributed by atoms with Gasteiger partial charge in [-0.1, -0.05) is 42.5 Å². The normalized spacial score (nSPS) is 11.3. The summed E-state index contributed by atoms with van der Waals surface area (Å²) < 4.78 is 1.93. The first-order chi connectivity index (χ1) is 15.0. The molecule has 1 aromatic heterocycles. The number of hydrogen-bond donors (Lipinski definition) is 2. The average molecular weight is 419 g/mol. The third kappa shape index (κ3) is 6.70. The molecule has 162 valence electrons. The molecule has 0 radical (unpaired) electrons.